The van der Waals surface area contributed by atoms with Gasteiger partial charge in [-0.2, -0.15) is 0 Å². The summed E-state index contributed by atoms with van der Waals surface area (Å²) in [7, 11) is 0. The van der Waals surface area contributed by atoms with Gasteiger partial charge >= 0.3 is 0 Å². The predicted molar refractivity (Wildman–Crippen MR) is 101 cm³/mol. The van der Waals surface area contributed by atoms with Gasteiger partial charge in [-0.1, -0.05) is 41.4 Å². The second kappa shape index (κ2) is 7.37. The first-order valence-electron chi connectivity index (χ1n) is 7.69. The molecular formula is C18H15Cl2N3O3. The highest BCUT2D eigenvalue weighted by Crippen LogP contribution is 2.29. The first-order valence-corrected chi connectivity index (χ1v) is 8.45. The molecule has 0 aliphatic carbocycles. The molecule has 0 radical (unpaired) electrons. The number of hydrogen-bond acceptors (Lipinski definition) is 4. The third kappa shape index (κ3) is 3.39. The number of nitrogens with one attached hydrogen (secondary N) is 1. The molecule has 3 aromatic rings. The Morgan fingerprint density at radius 2 is 1.92 bits per heavy atom. The zero-order valence-corrected chi connectivity index (χ0v) is 15.2. The van der Waals surface area contributed by atoms with Crippen molar-refractivity contribution in [2.45, 2.75) is 13.0 Å². The Morgan fingerprint density at radius 1 is 1.19 bits per heavy atom. The fraction of sp³-hybridized carbons (Fsp3) is 0.111. The molecular weight excluding hydrogens is 377 g/mol. The molecule has 0 aliphatic heterocycles. The number of para-hydroxylation sites is 1. The molecule has 0 unspecified atom stereocenters. The fourth-order valence-corrected chi connectivity index (χ4v) is 3.08. The highest BCUT2D eigenvalue weighted by Gasteiger charge is 2.23. The van der Waals surface area contributed by atoms with Crippen molar-refractivity contribution in [1.82, 2.24) is 9.99 Å². The van der Waals surface area contributed by atoms with Crippen LogP contribution < -0.4 is 16.0 Å². The molecule has 0 bridgehead atoms. The molecule has 0 spiro atoms. The third-order valence-corrected chi connectivity index (χ3v) is 4.40. The summed E-state index contributed by atoms with van der Waals surface area (Å²) >= 11 is 12.0. The van der Waals surface area contributed by atoms with Crippen LogP contribution in [-0.2, 0) is 0 Å². The molecule has 3 N–H and O–H groups in total. The third-order valence-electron chi connectivity index (χ3n) is 3.87. The van der Waals surface area contributed by atoms with Crippen LogP contribution in [0.5, 0.6) is 5.75 Å². The van der Waals surface area contributed by atoms with Crippen molar-refractivity contribution < 1.29 is 14.3 Å². The van der Waals surface area contributed by atoms with Gasteiger partial charge in [0, 0.05) is 16.6 Å². The smallest absolute Gasteiger partial charge is 0.271 e. The molecule has 1 aromatic heterocycles. The van der Waals surface area contributed by atoms with Gasteiger partial charge in [-0.25, -0.2) is 5.84 Å². The maximum absolute atomic E-state index is 12.9. The summed E-state index contributed by atoms with van der Waals surface area (Å²) in [5.41, 5.74) is 2.96. The maximum atomic E-state index is 12.9. The zero-order chi connectivity index (χ0) is 18.8. The summed E-state index contributed by atoms with van der Waals surface area (Å²) in [5.74, 6) is 4.73. The van der Waals surface area contributed by atoms with Crippen molar-refractivity contribution in [3.05, 3.63) is 64.3 Å². The number of ether oxygens (including phenoxy) is 1. The van der Waals surface area contributed by atoms with Gasteiger partial charge < -0.3 is 4.74 Å². The van der Waals surface area contributed by atoms with Crippen molar-refractivity contribution in [2.75, 3.05) is 0 Å². The van der Waals surface area contributed by atoms with E-state index in [0.717, 1.165) is 0 Å². The normalized spacial score (nSPS) is 12.0. The lowest BCUT2D eigenvalue weighted by molar-refractivity contribution is 0.0734. The Balaban J connectivity index is 1.95. The number of aromatic nitrogens is 1. The van der Waals surface area contributed by atoms with Crippen LogP contribution in [0.1, 0.15) is 22.1 Å². The van der Waals surface area contributed by atoms with E-state index in [-0.39, 0.29) is 5.91 Å². The summed E-state index contributed by atoms with van der Waals surface area (Å²) in [6.45, 7) is 1.60. The number of hydrazine groups is 1. The first kappa shape index (κ1) is 18.3. The van der Waals surface area contributed by atoms with Crippen molar-refractivity contribution >= 4 is 45.9 Å². The first-order chi connectivity index (χ1) is 12.4. The second-order valence-electron chi connectivity index (χ2n) is 5.58. The van der Waals surface area contributed by atoms with Crippen LogP contribution in [0.3, 0.4) is 0 Å². The van der Waals surface area contributed by atoms with Crippen LogP contribution in [-0.4, -0.2) is 22.5 Å². The van der Waals surface area contributed by atoms with E-state index in [1.165, 1.54) is 16.8 Å². The quantitative estimate of drug-likeness (QED) is 0.403. The number of benzene rings is 2. The fourth-order valence-electron chi connectivity index (χ4n) is 2.63. The van der Waals surface area contributed by atoms with E-state index in [4.69, 9.17) is 33.8 Å². The standard InChI is InChI=1S/C18H15Cl2N3O3/c1-10(26-16-7-6-11(19)8-14(16)20)18(25)23-9-13(17(24)22-21)12-4-2-3-5-15(12)23/h2-10H,21H2,1H3,(H,22,24)/t10-/m0/s1. The summed E-state index contributed by atoms with van der Waals surface area (Å²) in [6, 6.07) is 11.8. The van der Waals surface area contributed by atoms with E-state index in [2.05, 4.69) is 5.43 Å². The SMILES string of the molecule is C[C@H](Oc1ccc(Cl)cc1Cl)C(=O)n1cc(C(=O)NN)c2ccccc21. The van der Waals surface area contributed by atoms with E-state index < -0.39 is 12.0 Å². The maximum Gasteiger partial charge on any atom is 0.271 e. The summed E-state index contributed by atoms with van der Waals surface area (Å²) in [4.78, 5) is 24.9. The Bertz CT molecular complexity index is 1000. The Hall–Kier alpha value is -2.54. The molecule has 1 amide bonds. The van der Waals surface area contributed by atoms with Gasteiger partial charge in [0.25, 0.3) is 11.8 Å². The average molecular weight is 392 g/mol. The minimum absolute atomic E-state index is 0.299. The minimum Gasteiger partial charge on any atom is -0.479 e. The lowest BCUT2D eigenvalue weighted by atomic mass is 10.2. The van der Waals surface area contributed by atoms with Gasteiger partial charge in [-0.05, 0) is 31.2 Å². The molecule has 3 rings (SSSR count). The van der Waals surface area contributed by atoms with Crippen molar-refractivity contribution in [3.8, 4) is 5.75 Å². The number of halogens is 2. The summed E-state index contributed by atoms with van der Waals surface area (Å²) < 4.78 is 7.04. The molecule has 0 saturated heterocycles. The van der Waals surface area contributed by atoms with E-state index >= 15 is 0 Å². The van der Waals surface area contributed by atoms with E-state index in [1.54, 1.807) is 43.3 Å². The predicted octanol–water partition coefficient (Wildman–Crippen LogP) is 3.66. The molecule has 0 saturated carbocycles. The molecule has 0 fully saturated rings. The molecule has 2 aromatic carbocycles. The van der Waals surface area contributed by atoms with Gasteiger partial charge in [0.1, 0.15) is 5.75 Å². The number of nitrogens with zero attached hydrogens (tertiary/aromatic N) is 1. The monoisotopic (exact) mass is 391 g/mol. The van der Waals surface area contributed by atoms with Gasteiger partial charge in [-0.3, -0.25) is 19.6 Å². The van der Waals surface area contributed by atoms with Crippen LogP contribution in [0.15, 0.2) is 48.7 Å². The highest BCUT2D eigenvalue weighted by molar-refractivity contribution is 6.35. The van der Waals surface area contributed by atoms with Gasteiger partial charge in [0.2, 0.25) is 0 Å². The number of fused-ring (bicyclic) bond motifs is 1. The summed E-state index contributed by atoms with van der Waals surface area (Å²) in [6.07, 6.45) is 0.594. The number of nitrogens with two attached hydrogens (primary N) is 1. The molecule has 26 heavy (non-hydrogen) atoms. The van der Waals surface area contributed by atoms with Crippen molar-refractivity contribution in [3.63, 3.8) is 0 Å². The molecule has 0 aliphatic rings. The Morgan fingerprint density at radius 3 is 2.62 bits per heavy atom. The number of nitrogen functional groups attached to an aromatic ring is 1. The minimum atomic E-state index is -0.849. The van der Waals surface area contributed by atoms with E-state index in [9.17, 15) is 9.59 Å². The second-order valence-corrected chi connectivity index (χ2v) is 6.42. The van der Waals surface area contributed by atoms with Crippen LogP contribution in [0.4, 0.5) is 0 Å². The topological polar surface area (TPSA) is 86.3 Å². The molecule has 8 heteroatoms. The lowest BCUT2D eigenvalue weighted by Crippen LogP contribution is -2.30. The molecule has 134 valence electrons. The summed E-state index contributed by atoms with van der Waals surface area (Å²) in [5, 5.41) is 1.38. The molecule has 1 atom stereocenters. The van der Waals surface area contributed by atoms with Crippen molar-refractivity contribution in [1.29, 1.82) is 0 Å². The van der Waals surface area contributed by atoms with Crippen LogP contribution in [0.25, 0.3) is 10.9 Å². The zero-order valence-electron chi connectivity index (χ0n) is 13.7. The van der Waals surface area contributed by atoms with Gasteiger partial charge in [0.15, 0.2) is 6.10 Å². The lowest BCUT2D eigenvalue weighted by Gasteiger charge is -2.15. The van der Waals surface area contributed by atoms with Crippen LogP contribution in [0.2, 0.25) is 10.0 Å². The number of carbonyl (C=O) groups is 2. The van der Waals surface area contributed by atoms with Crippen LogP contribution in [0, 0.1) is 0 Å². The molecule has 6 nitrogen and oxygen atoms in total. The van der Waals surface area contributed by atoms with E-state index in [0.29, 0.717) is 32.3 Å². The Labute approximate surface area is 159 Å². The van der Waals surface area contributed by atoms with Gasteiger partial charge in [-0.15, -0.1) is 0 Å². The number of amides is 1. The number of hydrogen-bond donors (Lipinski definition) is 2. The largest absolute Gasteiger partial charge is 0.479 e. The van der Waals surface area contributed by atoms with Gasteiger partial charge in [0.05, 0.1) is 16.1 Å². The number of rotatable bonds is 4. The van der Waals surface area contributed by atoms with Crippen molar-refractivity contribution in [2.24, 2.45) is 5.84 Å². The Kier molecular flexibility index (Phi) is 5.18. The average Bonchev–Trinajstić information content (AvgIpc) is 3.02. The van der Waals surface area contributed by atoms with Crippen LogP contribution >= 0.6 is 23.2 Å². The number of carbonyl (C=O) groups excluding carboxylic acids is 2. The highest BCUT2D eigenvalue weighted by atomic mass is 35.5. The van der Waals surface area contributed by atoms with E-state index in [1.807, 2.05) is 0 Å². The molecule has 1 heterocycles.